The number of nitrogens with zero attached hydrogens (tertiary/aromatic N) is 2. The normalized spacial score (nSPS) is 27.0. The first-order valence-corrected chi connectivity index (χ1v) is 12.6. The van der Waals surface area contributed by atoms with Crippen molar-refractivity contribution in [3.05, 3.63) is 0 Å². The maximum atomic E-state index is 12.0. The largest absolute Gasteiger partial charge is 0.463 e. The van der Waals surface area contributed by atoms with Crippen LogP contribution in [0.3, 0.4) is 0 Å². The molecule has 0 aromatic rings. The zero-order valence-electron chi connectivity index (χ0n) is 17.3. The summed E-state index contributed by atoms with van der Waals surface area (Å²) in [6.07, 6.45) is -3.52. The molecule has 0 aromatic carbocycles. The van der Waals surface area contributed by atoms with Gasteiger partial charge in [-0.1, -0.05) is 21.6 Å². The average molecular weight is 506 g/mol. The Hall–Kier alpha value is -2.36. The number of amides is 4. The number of esters is 1. The minimum absolute atomic E-state index is 0.0210. The fraction of sp³-hybridized carbons (Fsp3) is 0.667. The van der Waals surface area contributed by atoms with Crippen LogP contribution in [0.15, 0.2) is 0 Å². The maximum absolute atomic E-state index is 12.0. The van der Waals surface area contributed by atoms with Crippen molar-refractivity contribution >= 4 is 57.2 Å². The summed E-state index contributed by atoms with van der Waals surface area (Å²) in [5.74, 6) is -3.35. The molecule has 3 fully saturated rings. The van der Waals surface area contributed by atoms with Gasteiger partial charge >= 0.3 is 23.8 Å². The molecule has 0 saturated carbocycles. The van der Waals surface area contributed by atoms with Crippen molar-refractivity contribution in [1.82, 2.24) is 15.3 Å². The minimum Gasteiger partial charge on any atom is -0.463 e. The highest BCUT2D eigenvalue weighted by molar-refractivity contribution is 8.76. The fourth-order valence-corrected chi connectivity index (χ4v) is 5.42. The van der Waals surface area contributed by atoms with Crippen LogP contribution in [0.5, 0.6) is 0 Å². The van der Waals surface area contributed by atoms with Crippen LogP contribution >= 0.6 is 21.6 Å². The van der Waals surface area contributed by atoms with Crippen LogP contribution < -0.4 is 5.32 Å². The van der Waals surface area contributed by atoms with Gasteiger partial charge in [-0.05, 0) is 6.42 Å². The van der Waals surface area contributed by atoms with Gasteiger partial charge < -0.3 is 30.0 Å². The van der Waals surface area contributed by atoms with Crippen LogP contribution in [0.4, 0.5) is 0 Å². The van der Waals surface area contributed by atoms with Crippen molar-refractivity contribution in [2.45, 2.75) is 56.5 Å². The smallest absolute Gasteiger partial charge is 0.334 e. The number of imide groups is 1. The second kappa shape index (κ2) is 11.2. The van der Waals surface area contributed by atoms with Crippen molar-refractivity contribution in [1.29, 1.82) is 0 Å². The van der Waals surface area contributed by atoms with E-state index in [1.54, 1.807) is 0 Å². The van der Waals surface area contributed by atoms with E-state index >= 15 is 0 Å². The Kier molecular flexibility index (Phi) is 8.56. The van der Waals surface area contributed by atoms with Crippen molar-refractivity contribution < 1.29 is 48.6 Å². The van der Waals surface area contributed by atoms with Gasteiger partial charge in [-0.2, -0.15) is 0 Å². The number of aliphatic hydroxyl groups excluding tert-OH is 2. The zero-order chi connectivity index (χ0) is 24.1. The molecule has 13 nitrogen and oxygen atoms in total. The number of rotatable bonds is 10. The highest BCUT2D eigenvalue weighted by Crippen LogP contribution is 2.27. The summed E-state index contributed by atoms with van der Waals surface area (Å²) in [4.78, 5) is 75.9. The highest BCUT2D eigenvalue weighted by atomic mass is 33.1. The molecule has 3 aliphatic heterocycles. The molecule has 33 heavy (non-hydrogen) atoms. The van der Waals surface area contributed by atoms with Gasteiger partial charge in [0.2, 0.25) is 0 Å². The van der Waals surface area contributed by atoms with E-state index in [0.717, 1.165) is 4.90 Å². The number of hydrogen-bond donors (Lipinski definition) is 3. The lowest BCUT2D eigenvalue weighted by Gasteiger charge is -2.41. The van der Waals surface area contributed by atoms with E-state index in [4.69, 9.17) is 9.57 Å². The molecule has 4 unspecified atom stereocenters. The van der Waals surface area contributed by atoms with Crippen LogP contribution in [0, 0.1) is 0 Å². The lowest BCUT2D eigenvalue weighted by molar-refractivity contribution is -0.197. The molecule has 3 heterocycles. The van der Waals surface area contributed by atoms with Crippen molar-refractivity contribution in [2.24, 2.45) is 0 Å². The molecule has 15 heteroatoms. The molecule has 4 atom stereocenters. The summed E-state index contributed by atoms with van der Waals surface area (Å²) in [6, 6.07) is -0.744. The lowest BCUT2D eigenvalue weighted by atomic mass is 9.95. The molecular formula is C18H23N3O10S2. The molecule has 0 radical (unpaired) electrons. The van der Waals surface area contributed by atoms with Crippen molar-refractivity contribution in [3.8, 4) is 0 Å². The Morgan fingerprint density at radius 2 is 1.61 bits per heavy atom. The quantitative estimate of drug-likeness (QED) is 0.0986. The SMILES string of the molecule is O=C(CCSSCCC(=O)ON1C(=O)CCC1=O)OCC1CC(O)C(O)C2NC(=O)C(=O)N12. The van der Waals surface area contributed by atoms with Gasteiger partial charge in [-0.3, -0.25) is 24.0 Å². The summed E-state index contributed by atoms with van der Waals surface area (Å²) in [7, 11) is 2.62. The third kappa shape index (κ3) is 6.16. The van der Waals surface area contributed by atoms with Crippen LogP contribution in [-0.2, 0) is 38.3 Å². The first-order valence-electron chi connectivity index (χ1n) is 10.1. The summed E-state index contributed by atoms with van der Waals surface area (Å²) < 4.78 is 5.17. The number of nitrogens with one attached hydrogen (secondary N) is 1. The summed E-state index contributed by atoms with van der Waals surface area (Å²) in [6.45, 7) is -0.225. The summed E-state index contributed by atoms with van der Waals surface area (Å²) >= 11 is 0. The second-order valence-electron chi connectivity index (χ2n) is 7.45. The molecule has 0 aliphatic carbocycles. The predicted octanol–water partition coefficient (Wildman–Crippen LogP) is -1.92. The van der Waals surface area contributed by atoms with Gasteiger partial charge in [-0.25, -0.2) is 4.79 Å². The van der Waals surface area contributed by atoms with Crippen LogP contribution in [0.25, 0.3) is 0 Å². The van der Waals surface area contributed by atoms with E-state index in [1.165, 1.54) is 21.6 Å². The van der Waals surface area contributed by atoms with Gasteiger partial charge in [0.15, 0.2) is 0 Å². The monoisotopic (exact) mass is 505 g/mol. The topological polar surface area (TPSA) is 180 Å². The van der Waals surface area contributed by atoms with Crippen LogP contribution in [0.1, 0.15) is 32.1 Å². The minimum atomic E-state index is -1.32. The van der Waals surface area contributed by atoms with Gasteiger partial charge in [-0.15, -0.1) is 5.06 Å². The number of piperidine rings is 1. The number of aliphatic hydroxyl groups is 2. The van der Waals surface area contributed by atoms with E-state index in [2.05, 4.69) is 5.32 Å². The standard InChI is InChI=1S/C18H23N3O10S2/c22-10-7-9(20-16(15(10)27)19-17(28)18(20)29)8-30-13(25)3-5-32-33-6-4-14(26)31-21-11(23)1-2-12(21)24/h9-10,15-16,22,27H,1-8H2,(H,19,28). The number of fused-ring (bicyclic) bond motifs is 1. The average Bonchev–Trinajstić information content (AvgIpc) is 3.25. The Morgan fingerprint density at radius 3 is 2.24 bits per heavy atom. The Bertz CT molecular complexity index is 824. The van der Waals surface area contributed by atoms with E-state index in [-0.39, 0.29) is 38.7 Å². The van der Waals surface area contributed by atoms with E-state index in [1.807, 2.05) is 0 Å². The van der Waals surface area contributed by atoms with E-state index in [9.17, 15) is 39.0 Å². The summed E-state index contributed by atoms with van der Waals surface area (Å²) in [5, 5.41) is 22.7. The fourth-order valence-electron chi connectivity index (χ4n) is 3.48. The molecule has 0 spiro atoms. The number of hydroxylamine groups is 2. The van der Waals surface area contributed by atoms with Crippen molar-refractivity contribution in [2.75, 3.05) is 18.1 Å². The number of hydrogen-bond acceptors (Lipinski definition) is 12. The lowest BCUT2D eigenvalue weighted by Crippen LogP contribution is -2.61. The number of ether oxygens (including phenoxy) is 1. The molecule has 3 aliphatic rings. The second-order valence-corrected chi connectivity index (χ2v) is 10.2. The third-order valence-electron chi connectivity index (χ3n) is 5.13. The molecule has 4 amide bonds. The molecule has 3 saturated heterocycles. The van der Waals surface area contributed by atoms with Gasteiger partial charge in [0.25, 0.3) is 11.8 Å². The number of carbonyl (C=O) groups excluding carboxylic acids is 6. The highest BCUT2D eigenvalue weighted by Gasteiger charge is 2.51. The molecule has 3 rings (SSSR count). The molecule has 182 valence electrons. The van der Waals surface area contributed by atoms with Crippen molar-refractivity contribution in [3.63, 3.8) is 0 Å². The Labute approximate surface area is 195 Å². The van der Waals surface area contributed by atoms with Gasteiger partial charge in [0, 0.05) is 24.3 Å². The third-order valence-corrected chi connectivity index (χ3v) is 7.54. The zero-order valence-corrected chi connectivity index (χ0v) is 19.0. The molecule has 0 bridgehead atoms. The van der Waals surface area contributed by atoms with Gasteiger partial charge in [0.05, 0.1) is 25.0 Å². The van der Waals surface area contributed by atoms with Gasteiger partial charge in [0.1, 0.15) is 18.9 Å². The van der Waals surface area contributed by atoms with E-state index < -0.39 is 60.0 Å². The Morgan fingerprint density at radius 1 is 1.00 bits per heavy atom. The summed E-state index contributed by atoms with van der Waals surface area (Å²) in [5.41, 5.74) is 0. The van der Waals surface area contributed by atoms with Crippen LogP contribution in [0.2, 0.25) is 0 Å². The number of carbonyl (C=O) groups is 6. The van der Waals surface area contributed by atoms with Crippen LogP contribution in [-0.4, -0.2) is 98.3 Å². The first kappa shape index (κ1) is 25.3. The molecular weight excluding hydrogens is 482 g/mol. The first-order chi connectivity index (χ1) is 15.7. The molecule has 0 aromatic heterocycles. The maximum Gasteiger partial charge on any atom is 0.334 e. The molecule has 3 N–H and O–H groups in total. The Balaban J connectivity index is 1.29. The van der Waals surface area contributed by atoms with E-state index in [0.29, 0.717) is 16.6 Å². The predicted molar refractivity (Wildman–Crippen MR) is 111 cm³/mol.